The van der Waals surface area contributed by atoms with Crippen molar-refractivity contribution in [2.45, 2.75) is 77.4 Å². The molecule has 0 aliphatic rings. The van der Waals surface area contributed by atoms with E-state index in [4.69, 9.17) is 0 Å². The molecule has 0 aromatic rings. The van der Waals surface area contributed by atoms with Crippen LogP contribution in [-0.4, -0.2) is 16.0 Å². The van der Waals surface area contributed by atoms with E-state index in [0.29, 0.717) is 12.8 Å². The van der Waals surface area contributed by atoms with Gasteiger partial charge in [-0.1, -0.05) is 52.4 Å². The van der Waals surface area contributed by atoms with Crippen LogP contribution in [0, 0.1) is 0 Å². The van der Waals surface area contributed by atoms with Crippen molar-refractivity contribution in [1.82, 2.24) is 0 Å². The van der Waals surface area contributed by atoms with E-state index in [1.54, 1.807) is 0 Å². The van der Waals surface area contributed by atoms with E-state index in [1.807, 2.05) is 6.92 Å². The highest BCUT2D eigenvalue weighted by Crippen LogP contribution is 2.18. The maximum Gasteiger partial charge on any atom is 0.162 e. The summed E-state index contributed by atoms with van der Waals surface area (Å²) in [6.07, 6.45) is 9.03. The molecule has 0 heterocycles. The minimum Gasteiger partial charge on any atom is -0.366 e. The van der Waals surface area contributed by atoms with Gasteiger partial charge in [0.1, 0.15) is 0 Å². The molecule has 0 aromatic carbocycles. The van der Waals surface area contributed by atoms with Crippen LogP contribution in [0.3, 0.4) is 0 Å². The highest BCUT2D eigenvalue weighted by Gasteiger charge is 2.20. The zero-order chi connectivity index (χ0) is 10.9. The van der Waals surface area contributed by atoms with Crippen molar-refractivity contribution in [3.63, 3.8) is 0 Å². The summed E-state index contributed by atoms with van der Waals surface area (Å²) in [5.41, 5.74) is 0. The Morgan fingerprint density at radius 2 is 1.29 bits per heavy atom. The highest BCUT2D eigenvalue weighted by atomic mass is 16.5. The van der Waals surface area contributed by atoms with Crippen LogP contribution in [-0.2, 0) is 0 Å². The first-order valence-corrected chi connectivity index (χ1v) is 6.07. The maximum absolute atomic E-state index is 9.47. The molecule has 0 rings (SSSR count). The number of hydrogen-bond acceptors (Lipinski definition) is 2. The number of hydrogen-bond donors (Lipinski definition) is 2. The van der Waals surface area contributed by atoms with E-state index in [0.717, 1.165) is 19.3 Å². The Morgan fingerprint density at radius 3 is 1.86 bits per heavy atom. The van der Waals surface area contributed by atoms with Gasteiger partial charge in [0.15, 0.2) is 5.79 Å². The monoisotopic (exact) mass is 202 g/mol. The van der Waals surface area contributed by atoms with E-state index < -0.39 is 5.79 Å². The molecule has 14 heavy (non-hydrogen) atoms. The molecule has 0 unspecified atom stereocenters. The third-order valence-electron chi connectivity index (χ3n) is 2.58. The smallest absolute Gasteiger partial charge is 0.162 e. The molecule has 0 amide bonds. The first-order valence-electron chi connectivity index (χ1n) is 6.07. The highest BCUT2D eigenvalue weighted by molar-refractivity contribution is 4.63. The second-order valence-corrected chi connectivity index (χ2v) is 4.25. The molecule has 0 saturated carbocycles. The lowest BCUT2D eigenvalue weighted by atomic mass is 10.0. The third kappa shape index (κ3) is 8.52. The van der Waals surface area contributed by atoms with Gasteiger partial charge in [0.25, 0.3) is 0 Å². The maximum atomic E-state index is 9.47. The average molecular weight is 202 g/mol. The molecule has 0 fully saturated rings. The zero-order valence-electron chi connectivity index (χ0n) is 9.76. The average Bonchev–Trinajstić information content (AvgIpc) is 2.11. The summed E-state index contributed by atoms with van der Waals surface area (Å²) in [5.74, 6) is -1.40. The van der Waals surface area contributed by atoms with Gasteiger partial charge in [-0.3, -0.25) is 0 Å². The predicted molar refractivity (Wildman–Crippen MR) is 60.1 cm³/mol. The van der Waals surface area contributed by atoms with Gasteiger partial charge in [-0.25, -0.2) is 0 Å². The Bertz CT molecular complexity index is 121. The van der Waals surface area contributed by atoms with Gasteiger partial charge in [0.05, 0.1) is 0 Å². The van der Waals surface area contributed by atoms with Crippen LogP contribution in [0.2, 0.25) is 0 Å². The number of unbranched alkanes of at least 4 members (excludes halogenated alkanes) is 5. The summed E-state index contributed by atoms with van der Waals surface area (Å²) in [6.45, 7) is 4.18. The molecular formula is C12H26O2. The van der Waals surface area contributed by atoms with Crippen LogP contribution in [0.25, 0.3) is 0 Å². The topological polar surface area (TPSA) is 40.5 Å². The van der Waals surface area contributed by atoms with Gasteiger partial charge < -0.3 is 10.2 Å². The molecule has 0 spiro atoms. The number of rotatable bonds is 9. The van der Waals surface area contributed by atoms with Crippen molar-refractivity contribution >= 4 is 0 Å². The Kier molecular flexibility index (Phi) is 8.20. The SMILES string of the molecule is CCCCCCCCC(O)(O)CCC. The Labute approximate surface area is 88.3 Å². The zero-order valence-corrected chi connectivity index (χ0v) is 9.76. The predicted octanol–water partition coefficient (Wildman–Crippen LogP) is 3.22. The van der Waals surface area contributed by atoms with E-state index in [1.165, 1.54) is 25.7 Å². The van der Waals surface area contributed by atoms with Gasteiger partial charge in [0, 0.05) is 12.8 Å². The molecule has 2 N–H and O–H groups in total. The van der Waals surface area contributed by atoms with Crippen molar-refractivity contribution in [3.8, 4) is 0 Å². The fourth-order valence-electron chi connectivity index (χ4n) is 1.71. The standard InChI is InChI=1S/C12H26O2/c1-3-5-6-7-8-9-11-12(13,14)10-4-2/h13-14H,3-11H2,1-2H3. The lowest BCUT2D eigenvalue weighted by molar-refractivity contribution is -0.171. The van der Waals surface area contributed by atoms with Crippen LogP contribution in [0.4, 0.5) is 0 Å². The molecule has 0 aromatic heterocycles. The van der Waals surface area contributed by atoms with Crippen LogP contribution in [0.15, 0.2) is 0 Å². The Balaban J connectivity index is 3.26. The number of aliphatic hydroxyl groups is 2. The van der Waals surface area contributed by atoms with Crippen LogP contribution < -0.4 is 0 Å². The Morgan fingerprint density at radius 1 is 0.714 bits per heavy atom. The molecule has 0 atom stereocenters. The van der Waals surface area contributed by atoms with E-state index in [-0.39, 0.29) is 0 Å². The van der Waals surface area contributed by atoms with Gasteiger partial charge in [-0.15, -0.1) is 0 Å². The normalized spacial score (nSPS) is 12.0. The first kappa shape index (κ1) is 13.9. The molecule has 0 bridgehead atoms. The van der Waals surface area contributed by atoms with Crippen molar-refractivity contribution in [3.05, 3.63) is 0 Å². The van der Waals surface area contributed by atoms with Gasteiger partial charge in [-0.2, -0.15) is 0 Å². The van der Waals surface area contributed by atoms with Crippen molar-refractivity contribution in [2.75, 3.05) is 0 Å². The van der Waals surface area contributed by atoms with Crippen LogP contribution in [0.1, 0.15) is 71.6 Å². The molecule has 0 radical (unpaired) electrons. The molecule has 0 aliphatic heterocycles. The second-order valence-electron chi connectivity index (χ2n) is 4.25. The summed E-state index contributed by atoms with van der Waals surface area (Å²) in [4.78, 5) is 0. The first-order chi connectivity index (χ1) is 6.62. The van der Waals surface area contributed by atoms with Crippen LogP contribution in [0.5, 0.6) is 0 Å². The minimum absolute atomic E-state index is 0.502. The largest absolute Gasteiger partial charge is 0.366 e. The molecule has 2 heteroatoms. The molecule has 0 aliphatic carbocycles. The van der Waals surface area contributed by atoms with Crippen molar-refractivity contribution < 1.29 is 10.2 Å². The van der Waals surface area contributed by atoms with Gasteiger partial charge in [0.2, 0.25) is 0 Å². The summed E-state index contributed by atoms with van der Waals surface area (Å²) >= 11 is 0. The second kappa shape index (κ2) is 8.25. The minimum atomic E-state index is -1.40. The molecular weight excluding hydrogens is 176 g/mol. The molecule has 2 nitrogen and oxygen atoms in total. The quantitative estimate of drug-likeness (QED) is 0.445. The van der Waals surface area contributed by atoms with Crippen molar-refractivity contribution in [2.24, 2.45) is 0 Å². The van der Waals surface area contributed by atoms with Crippen LogP contribution >= 0.6 is 0 Å². The molecule has 86 valence electrons. The van der Waals surface area contributed by atoms with E-state index in [9.17, 15) is 10.2 Å². The summed E-state index contributed by atoms with van der Waals surface area (Å²) in [5, 5.41) is 18.9. The lowest BCUT2D eigenvalue weighted by Gasteiger charge is -2.20. The third-order valence-corrected chi connectivity index (χ3v) is 2.58. The van der Waals surface area contributed by atoms with Gasteiger partial charge in [-0.05, 0) is 6.42 Å². The summed E-state index contributed by atoms with van der Waals surface area (Å²) in [7, 11) is 0. The van der Waals surface area contributed by atoms with E-state index in [2.05, 4.69) is 6.92 Å². The van der Waals surface area contributed by atoms with E-state index >= 15 is 0 Å². The summed E-state index contributed by atoms with van der Waals surface area (Å²) < 4.78 is 0. The summed E-state index contributed by atoms with van der Waals surface area (Å²) in [6, 6.07) is 0. The fourth-order valence-corrected chi connectivity index (χ4v) is 1.71. The van der Waals surface area contributed by atoms with Crippen molar-refractivity contribution in [1.29, 1.82) is 0 Å². The fraction of sp³-hybridized carbons (Fsp3) is 1.00. The lowest BCUT2D eigenvalue weighted by Crippen LogP contribution is -2.27. The van der Waals surface area contributed by atoms with Gasteiger partial charge >= 0.3 is 0 Å². The Hall–Kier alpha value is -0.0800. The molecule has 0 saturated heterocycles.